The topological polar surface area (TPSA) is 17.1 Å². The maximum absolute atomic E-state index is 10.6. The largest absolute Gasteiger partial charge is 0.303 e. The van der Waals surface area contributed by atoms with Crippen LogP contribution in [0.5, 0.6) is 0 Å². The molecule has 3 aliphatic rings. The number of carbonyl (C=O) groups is 1. The van der Waals surface area contributed by atoms with Crippen molar-refractivity contribution < 1.29 is 4.79 Å². The lowest BCUT2D eigenvalue weighted by Gasteiger charge is -2.59. The zero-order chi connectivity index (χ0) is 8.11. The van der Waals surface area contributed by atoms with Gasteiger partial charge in [0.2, 0.25) is 0 Å². The van der Waals surface area contributed by atoms with E-state index in [4.69, 9.17) is 0 Å². The van der Waals surface area contributed by atoms with Crippen LogP contribution in [0.15, 0.2) is 0 Å². The molecule has 0 aromatic heterocycles. The monoisotopic (exact) mass is 152 g/mol. The molecule has 0 aromatic rings. The van der Waals surface area contributed by atoms with Crippen LogP contribution in [0, 0.1) is 16.7 Å². The maximum atomic E-state index is 10.6. The summed E-state index contributed by atoms with van der Waals surface area (Å²) in [5.41, 5.74) is 1.05. The van der Waals surface area contributed by atoms with Gasteiger partial charge in [-0.05, 0) is 36.5 Å². The second-order valence-electron chi connectivity index (χ2n) is 5.28. The highest BCUT2D eigenvalue weighted by molar-refractivity contribution is 5.54. The van der Waals surface area contributed by atoms with Gasteiger partial charge < -0.3 is 4.79 Å². The van der Waals surface area contributed by atoms with Crippen molar-refractivity contribution >= 4 is 6.29 Å². The number of rotatable bonds is 1. The van der Waals surface area contributed by atoms with Crippen molar-refractivity contribution in [3.63, 3.8) is 0 Å². The van der Waals surface area contributed by atoms with Crippen LogP contribution in [0.3, 0.4) is 0 Å². The van der Waals surface area contributed by atoms with Crippen LogP contribution in [0.1, 0.15) is 39.5 Å². The molecule has 0 spiro atoms. The molecule has 0 radical (unpaired) electrons. The average molecular weight is 152 g/mol. The lowest BCUT2D eigenvalue weighted by molar-refractivity contribution is -0.129. The second kappa shape index (κ2) is 1.88. The Morgan fingerprint density at radius 1 is 1.18 bits per heavy atom. The summed E-state index contributed by atoms with van der Waals surface area (Å²) < 4.78 is 0. The normalized spacial score (nSPS) is 54.9. The van der Waals surface area contributed by atoms with E-state index in [-0.39, 0.29) is 0 Å². The van der Waals surface area contributed by atoms with E-state index in [9.17, 15) is 4.79 Å². The molecule has 0 heterocycles. The van der Waals surface area contributed by atoms with Crippen LogP contribution < -0.4 is 0 Å². The minimum Gasteiger partial charge on any atom is -0.303 e. The van der Waals surface area contributed by atoms with E-state index >= 15 is 0 Å². The van der Waals surface area contributed by atoms with Crippen molar-refractivity contribution in [3.8, 4) is 0 Å². The lowest BCUT2D eigenvalue weighted by Crippen LogP contribution is -2.50. The van der Waals surface area contributed by atoms with E-state index in [1.54, 1.807) is 0 Å². The van der Waals surface area contributed by atoms with Crippen LogP contribution in [0.2, 0.25) is 0 Å². The third-order valence-electron chi connectivity index (χ3n) is 3.41. The van der Waals surface area contributed by atoms with Crippen molar-refractivity contribution in [2.45, 2.75) is 39.5 Å². The third-order valence-corrected chi connectivity index (χ3v) is 3.41. The summed E-state index contributed by atoms with van der Waals surface area (Å²) in [6, 6.07) is 0. The smallest absolute Gasteiger partial charge is 0.123 e. The fourth-order valence-electron chi connectivity index (χ4n) is 3.73. The summed E-state index contributed by atoms with van der Waals surface area (Å²) in [5, 5.41) is 0. The molecule has 1 heteroatoms. The van der Waals surface area contributed by atoms with Crippen LogP contribution in [0.4, 0.5) is 0 Å². The van der Waals surface area contributed by atoms with Gasteiger partial charge in [-0.1, -0.05) is 13.8 Å². The highest BCUT2D eigenvalue weighted by Crippen LogP contribution is 2.64. The van der Waals surface area contributed by atoms with Gasteiger partial charge in [-0.15, -0.1) is 0 Å². The summed E-state index contributed by atoms with van der Waals surface area (Å²) in [6.07, 6.45) is 6.15. The molecule has 0 atom stereocenters. The van der Waals surface area contributed by atoms with Crippen molar-refractivity contribution in [3.05, 3.63) is 0 Å². The Balaban J connectivity index is 2.12. The molecule has 0 saturated heterocycles. The molecule has 0 aromatic carbocycles. The standard InChI is InChI=1S/C10H16O/c1-9-3-8(5-11)4-10(2,6-9)7-9/h5,8H,3-4,6-7H2,1-2H3. The quantitative estimate of drug-likeness (QED) is 0.527. The Morgan fingerprint density at radius 3 is 2.00 bits per heavy atom. The third kappa shape index (κ3) is 1.02. The van der Waals surface area contributed by atoms with Crippen molar-refractivity contribution in [1.29, 1.82) is 0 Å². The first-order valence-corrected chi connectivity index (χ1v) is 4.51. The molecule has 3 aliphatic carbocycles. The molecule has 0 unspecified atom stereocenters. The highest BCUT2D eigenvalue weighted by atomic mass is 16.1. The molecule has 1 nitrogen and oxygen atoms in total. The first-order valence-electron chi connectivity index (χ1n) is 4.51. The molecule has 62 valence electrons. The first kappa shape index (κ1) is 7.33. The summed E-state index contributed by atoms with van der Waals surface area (Å²) in [7, 11) is 0. The molecule has 3 saturated carbocycles. The number of fused-ring (bicyclic) bond motifs is 2. The SMILES string of the molecule is CC12CC(C=O)CC(C)(C1)C2. The van der Waals surface area contributed by atoms with E-state index in [2.05, 4.69) is 13.8 Å². The molecular weight excluding hydrogens is 136 g/mol. The van der Waals surface area contributed by atoms with Crippen LogP contribution >= 0.6 is 0 Å². The molecule has 2 bridgehead atoms. The van der Waals surface area contributed by atoms with Crippen molar-refractivity contribution in [2.24, 2.45) is 16.7 Å². The number of hydrogen-bond donors (Lipinski definition) is 0. The van der Waals surface area contributed by atoms with Gasteiger partial charge in [-0.25, -0.2) is 0 Å². The summed E-state index contributed by atoms with van der Waals surface area (Å²) >= 11 is 0. The van der Waals surface area contributed by atoms with Gasteiger partial charge in [0.1, 0.15) is 6.29 Å². The fourth-order valence-corrected chi connectivity index (χ4v) is 3.73. The van der Waals surface area contributed by atoms with E-state index in [1.165, 1.54) is 12.8 Å². The van der Waals surface area contributed by atoms with Crippen LogP contribution in [-0.4, -0.2) is 6.29 Å². The molecule has 11 heavy (non-hydrogen) atoms. The lowest BCUT2D eigenvalue weighted by atomic mass is 9.45. The van der Waals surface area contributed by atoms with Crippen LogP contribution in [-0.2, 0) is 4.79 Å². The highest BCUT2D eigenvalue weighted by Gasteiger charge is 2.54. The van der Waals surface area contributed by atoms with Gasteiger partial charge in [0, 0.05) is 5.92 Å². The molecule has 0 aliphatic heterocycles. The van der Waals surface area contributed by atoms with Gasteiger partial charge in [0.15, 0.2) is 0 Å². The average Bonchev–Trinajstić information content (AvgIpc) is 1.82. The summed E-state index contributed by atoms with van der Waals surface area (Å²) in [5.74, 6) is 0.368. The predicted molar refractivity (Wildman–Crippen MR) is 44.2 cm³/mol. The summed E-state index contributed by atoms with van der Waals surface area (Å²) in [6.45, 7) is 4.65. The Hall–Kier alpha value is -0.330. The van der Waals surface area contributed by atoms with Gasteiger partial charge >= 0.3 is 0 Å². The zero-order valence-corrected chi connectivity index (χ0v) is 7.39. The van der Waals surface area contributed by atoms with Gasteiger partial charge in [-0.3, -0.25) is 0 Å². The predicted octanol–water partition coefficient (Wildman–Crippen LogP) is 2.40. The van der Waals surface area contributed by atoms with E-state index < -0.39 is 0 Å². The Labute approximate surface area is 68.2 Å². The minimum atomic E-state index is 0.368. The second-order valence-corrected chi connectivity index (χ2v) is 5.28. The van der Waals surface area contributed by atoms with E-state index in [0.717, 1.165) is 19.1 Å². The van der Waals surface area contributed by atoms with Gasteiger partial charge in [-0.2, -0.15) is 0 Å². The molecular formula is C10H16O. The fraction of sp³-hybridized carbons (Fsp3) is 0.900. The molecule has 0 N–H and O–H groups in total. The molecule has 0 amide bonds. The van der Waals surface area contributed by atoms with Crippen LogP contribution in [0.25, 0.3) is 0 Å². The van der Waals surface area contributed by atoms with Gasteiger partial charge in [0.25, 0.3) is 0 Å². The zero-order valence-electron chi connectivity index (χ0n) is 7.39. The van der Waals surface area contributed by atoms with Crippen molar-refractivity contribution in [2.75, 3.05) is 0 Å². The summed E-state index contributed by atoms with van der Waals surface area (Å²) in [4.78, 5) is 10.6. The Bertz CT molecular complexity index is 173. The van der Waals surface area contributed by atoms with Crippen molar-refractivity contribution in [1.82, 2.24) is 0 Å². The minimum absolute atomic E-state index is 0.368. The first-order chi connectivity index (χ1) is 5.05. The maximum Gasteiger partial charge on any atom is 0.123 e. The Kier molecular flexibility index (Phi) is 1.25. The number of carbonyl (C=O) groups excluding carboxylic acids is 1. The number of aldehydes is 1. The molecule has 3 rings (SSSR count). The number of hydrogen-bond acceptors (Lipinski definition) is 1. The Morgan fingerprint density at radius 2 is 1.64 bits per heavy atom. The van der Waals surface area contributed by atoms with E-state index in [0.29, 0.717) is 16.7 Å². The van der Waals surface area contributed by atoms with Gasteiger partial charge in [0.05, 0.1) is 0 Å². The molecule has 3 fully saturated rings. The van der Waals surface area contributed by atoms with E-state index in [1.807, 2.05) is 0 Å².